The van der Waals surface area contributed by atoms with Gasteiger partial charge >= 0.3 is 0 Å². The normalized spacial score (nSPS) is 16.3. The summed E-state index contributed by atoms with van der Waals surface area (Å²) in [5.74, 6) is 0.857. The molecular formula is C15H19N5O2S. The van der Waals surface area contributed by atoms with Crippen LogP contribution in [0.1, 0.15) is 6.92 Å². The van der Waals surface area contributed by atoms with Crippen molar-refractivity contribution in [2.24, 2.45) is 7.05 Å². The molecule has 0 unspecified atom stereocenters. The zero-order chi connectivity index (χ0) is 16.2. The summed E-state index contributed by atoms with van der Waals surface area (Å²) < 4.78 is 7.18. The minimum atomic E-state index is -0.210. The fraction of sp³-hybridized carbons (Fsp3) is 0.467. The van der Waals surface area contributed by atoms with Gasteiger partial charge in [-0.2, -0.15) is 0 Å². The van der Waals surface area contributed by atoms with Crippen LogP contribution in [0.25, 0.3) is 11.4 Å². The van der Waals surface area contributed by atoms with Crippen LogP contribution in [0, 0.1) is 0 Å². The fourth-order valence-electron chi connectivity index (χ4n) is 2.41. The molecule has 1 saturated heterocycles. The van der Waals surface area contributed by atoms with Gasteiger partial charge in [0.2, 0.25) is 5.91 Å². The summed E-state index contributed by atoms with van der Waals surface area (Å²) in [6.07, 6.45) is 3.47. The van der Waals surface area contributed by atoms with Gasteiger partial charge in [0.1, 0.15) is 0 Å². The molecule has 7 nitrogen and oxygen atoms in total. The molecule has 1 aliphatic heterocycles. The lowest BCUT2D eigenvalue weighted by Crippen LogP contribution is -2.44. The van der Waals surface area contributed by atoms with Gasteiger partial charge in [0.15, 0.2) is 11.0 Å². The molecule has 1 fully saturated rings. The van der Waals surface area contributed by atoms with Crippen LogP contribution in [0.5, 0.6) is 0 Å². The van der Waals surface area contributed by atoms with Gasteiger partial charge in [0, 0.05) is 38.1 Å². The lowest BCUT2D eigenvalue weighted by Gasteiger charge is -2.28. The van der Waals surface area contributed by atoms with Gasteiger partial charge in [-0.25, -0.2) is 0 Å². The number of morpholine rings is 1. The lowest BCUT2D eigenvalue weighted by atomic mass is 10.3. The summed E-state index contributed by atoms with van der Waals surface area (Å²) in [4.78, 5) is 18.4. The van der Waals surface area contributed by atoms with E-state index in [4.69, 9.17) is 4.74 Å². The van der Waals surface area contributed by atoms with Gasteiger partial charge in [-0.1, -0.05) is 11.8 Å². The van der Waals surface area contributed by atoms with Crippen molar-refractivity contribution in [1.29, 1.82) is 0 Å². The SMILES string of the molecule is C[C@@H](Sc1nnc(-c2cccnc2)n1C)C(=O)N1CCOCC1. The zero-order valence-corrected chi connectivity index (χ0v) is 14.0. The Morgan fingerprint density at radius 1 is 1.35 bits per heavy atom. The van der Waals surface area contributed by atoms with Crippen LogP contribution >= 0.6 is 11.8 Å². The molecule has 1 atom stereocenters. The summed E-state index contributed by atoms with van der Waals surface area (Å²) >= 11 is 1.42. The van der Waals surface area contributed by atoms with E-state index in [0.717, 1.165) is 16.5 Å². The van der Waals surface area contributed by atoms with Crippen LogP contribution < -0.4 is 0 Å². The molecule has 2 aromatic rings. The van der Waals surface area contributed by atoms with Crippen molar-refractivity contribution in [3.63, 3.8) is 0 Å². The maximum absolute atomic E-state index is 12.5. The van der Waals surface area contributed by atoms with E-state index >= 15 is 0 Å². The number of nitrogens with zero attached hydrogens (tertiary/aromatic N) is 5. The van der Waals surface area contributed by atoms with Gasteiger partial charge in [-0.05, 0) is 19.1 Å². The number of ether oxygens (including phenoxy) is 1. The predicted molar refractivity (Wildman–Crippen MR) is 87.0 cm³/mol. The Morgan fingerprint density at radius 3 is 2.83 bits per heavy atom. The van der Waals surface area contributed by atoms with Gasteiger partial charge < -0.3 is 14.2 Å². The molecule has 3 heterocycles. The molecule has 0 radical (unpaired) electrons. The van der Waals surface area contributed by atoms with Crippen LogP contribution in [0.15, 0.2) is 29.7 Å². The Hall–Kier alpha value is -1.93. The van der Waals surface area contributed by atoms with Crippen molar-refractivity contribution in [3.8, 4) is 11.4 Å². The van der Waals surface area contributed by atoms with E-state index in [1.54, 1.807) is 12.4 Å². The van der Waals surface area contributed by atoms with Crippen LogP contribution in [0.3, 0.4) is 0 Å². The summed E-state index contributed by atoms with van der Waals surface area (Å²) in [6, 6.07) is 3.80. The molecular weight excluding hydrogens is 314 g/mol. The number of pyridine rings is 1. The molecule has 23 heavy (non-hydrogen) atoms. The molecule has 2 aromatic heterocycles. The predicted octanol–water partition coefficient (Wildman–Crippen LogP) is 1.22. The van der Waals surface area contributed by atoms with E-state index < -0.39 is 0 Å². The minimum absolute atomic E-state index is 0.115. The van der Waals surface area contributed by atoms with E-state index in [-0.39, 0.29) is 11.2 Å². The first-order valence-corrected chi connectivity index (χ1v) is 8.38. The Balaban J connectivity index is 1.70. The average Bonchev–Trinajstić information content (AvgIpc) is 2.96. The van der Waals surface area contributed by atoms with Crippen molar-refractivity contribution < 1.29 is 9.53 Å². The van der Waals surface area contributed by atoms with Crippen molar-refractivity contribution in [2.45, 2.75) is 17.3 Å². The fourth-order valence-corrected chi connectivity index (χ4v) is 3.31. The molecule has 0 saturated carbocycles. The van der Waals surface area contributed by atoms with Crippen molar-refractivity contribution in [2.75, 3.05) is 26.3 Å². The van der Waals surface area contributed by atoms with E-state index in [1.165, 1.54) is 11.8 Å². The number of rotatable bonds is 4. The molecule has 8 heteroatoms. The van der Waals surface area contributed by atoms with E-state index in [9.17, 15) is 4.79 Å². The first-order chi connectivity index (χ1) is 11.2. The van der Waals surface area contributed by atoms with E-state index in [0.29, 0.717) is 26.3 Å². The summed E-state index contributed by atoms with van der Waals surface area (Å²) in [7, 11) is 1.90. The molecule has 1 aliphatic rings. The number of carbonyl (C=O) groups is 1. The number of hydrogen-bond acceptors (Lipinski definition) is 6. The van der Waals surface area contributed by atoms with Crippen molar-refractivity contribution >= 4 is 17.7 Å². The highest BCUT2D eigenvalue weighted by atomic mass is 32.2. The smallest absolute Gasteiger partial charge is 0.236 e. The Kier molecular flexibility index (Phi) is 4.92. The molecule has 0 aromatic carbocycles. The highest BCUT2D eigenvalue weighted by Crippen LogP contribution is 2.26. The van der Waals surface area contributed by atoms with Crippen molar-refractivity contribution in [3.05, 3.63) is 24.5 Å². The number of amides is 1. The molecule has 3 rings (SSSR count). The summed E-state index contributed by atoms with van der Waals surface area (Å²) in [6.45, 7) is 4.43. The zero-order valence-electron chi connectivity index (χ0n) is 13.2. The Morgan fingerprint density at radius 2 is 2.13 bits per heavy atom. The maximum Gasteiger partial charge on any atom is 0.236 e. The molecule has 0 spiro atoms. The second kappa shape index (κ2) is 7.10. The van der Waals surface area contributed by atoms with Crippen LogP contribution in [0.4, 0.5) is 0 Å². The van der Waals surface area contributed by atoms with Gasteiger partial charge in [0.25, 0.3) is 0 Å². The van der Waals surface area contributed by atoms with E-state index in [2.05, 4.69) is 15.2 Å². The van der Waals surface area contributed by atoms with Gasteiger partial charge in [0.05, 0.1) is 18.5 Å². The Labute approximate surface area is 139 Å². The number of thioether (sulfide) groups is 1. The molecule has 0 bridgehead atoms. The molecule has 0 aliphatic carbocycles. The number of hydrogen-bond donors (Lipinski definition) is 0. The summed E-state index contributed by atoms with van der Waals surface area (Å²) in [5.41, 5.74) is 0.904. The molecule has 1 amide bonds. The van der Waals surface area contributed by atoms with Crippen LogP contribution in [0.2, 0.25) is 0 Å². The van der Waals surface area contributed by atoms with E-state index in [1.807, 2.05) is 35.6 Å². The minimum Gasteiger partial charge on any atom is -0.378 e. The number of aromatic nitrogens is 4. The third-order valence-corrected chi connectivity index (χ3v) is 4.83. The first kappa shape index (κ1) is 15.9. The molecule has 122 valence electrons. The average molecular weight is 333 g/mol. The first-order valence-electron chi connectivity index (χ1n) is 7.50. The lowest BCUT2D eigenvalue weighted by molar-refractivity contribution is -0.134. The van der Waals surface area contributed by atoms with Gasteiger partial charge in [-0.3, -0.25) is 9.78 Å². The maximum atomic E-state index is 12.5. The largest absolute Gasteiger partial charge is 0.378 e. The van der Waals surface area contributed by atoms with Gasteiger partial charge in [-0.15, -0.1) is 10.2 Å². The summed E-state index contributed by atoms with van der Waals surface area (Å²) in [5, 5.41) is 8.94. The quantitative estimate of drug-likeness (QED) is 0.783. The highest BCUT2D eigenvalue weighted by Gasteiger charge is 2.25. The molecule has 0 N–H and O–H groups in total. The topological polar surface area (TPSA) is 73.1 Å². The highest BCUT2D eigenvalue weighted by molar-refractivity contribution is 8.00. The van der Waals surface area contributed by atoms with Crippen LogP contribution in [-0.2, 0) is 16.6 Å². The number of carbonyl (C=O) groups excluding carboxylic acids is 1. The monoisotopic (exact) mass is 333 g/mol. The second-order valence-electron chi connectivity index (χ2n) is 5.30. The second-order valence-corrected chi connectivity index (χ2v) is 6.61. The van der Waals surface area contributed by atoms with Crippen LogP contribution in [-0.4, -0.2) is 62.1 Å². The Bertz CT molecular complexity index is 670. The van der Waals surface area contributed by atoms with Crippen molar-refractivity contribution in [1.82, 2.24) is 24.6 Å². The standard InChI is InChI=1S/C15H19N5O2S/c1-11(14(21)20-6-8-22-9-7-20)23-15-18-17-13(19(15)2)12-4-3-5-16-10-12/h3-5,10-11H,6-9H2,1-2H3/t11-/m1/s1. The third kappa shape index (κ3) is 3.53. The third-order valence-electron chi connectivity index (χ3n) is 3.71.